The van der Waals surface area contributed by atoms with Gasteiger partial charge in [-0.3, -0.25) is 10.1 Å². The van der Waals surface area contributed by atoms with Crippen LogP contribution >= 0.6 is 11.8 Å². The minimum Gasteiger partial charge on any atom is -0.478 e. The van der Waals surface area contributed by atoms with Crippen LogP contribution in [0.5, 0.6) is 0 Å². The van der Waals surface area contributed by atoms with E-state index in [1.165, 1.54) is 36.4 Å². The summed E-state index contributed by atoms with van der Waals surface area (Å²) >= 11 is 1.00. The summed E-state index contributed by atoms with van der Waals surface area (Å²) in [4.78, 5) is 21.5. The van der Waals surface area contributed by atoms with Gasteiger partial charge in [0, 0.05) is 4.90 Å². The number of rotatable bonds is 4. The van der Waals surface area contributed by atoms with Crippen molar-refractivity contribution >= 4 is 23.4 Å². The molecule has 102 valence electrons. The maximum atomic E-state index is 13.4. The van der Waals surface area contributed by atoms with E-state index in [0.29, 0.717) is 4.90 Å². The molecule has 0 fully saturated rings. The molecule has 20 heavy (non-hydrogen) atoms. The molecular weight excluding hydrogens is 285 g/mol. The zero-order valence-electron chi connectivity index (χ0n) is 9.95. The number of nitrogens with zero attached hydrogens (tertiary/aromatic N) is 1. The molecule has 0 radical (unpaired) electrons. The highest BCUT2D eigenvalue weighted by Crippen LogP contribution is 2.36. The molecule has 2 rings (SSSR count). The number of carboxylic acids is 1. The Morgan fingerprint density at radius 1 is 1.20 bits per heavy atom. The van der Waals surface area contributed by atoms with Gasteiger partial charge in [0.25, 0.3) is 0 Å². The quantitative estimate of drug-likeness (QED) is 0.688. The number of carbonyl (C=O) groups is 1. The van der Waals surface area contributed by atoms with E-state index >= 15 is 0 Å². The van der Waals surface area contributed by atoms with Crippen LogP contribution < -0.4 is 0 Å². The zero-order valence-corrected chi connectivity index (χ0v) is 10.8. The van der Waals surface area contributed by atoms with Gasteiger partial charge in [-0.25, -0.2) is 4.79 Å². The number of nitro benzene ring substituents is 1. The predicted octanol–water partition coefficient (Wildman–Crippen LogP) is 3.58. The molecule has 0 aliphatic heterocycles. The standard InChI is InChI=1S/C13H8FNO4S/c14-10-2-1-3-11(12(10)15(18)19)20-9-6-4-8(5-7-9)13(16)17/h1-7H,(H,16,17). The number of nitro groups is 1. The molecule has 0 spiro atoms. The van der Waals surface area contributed by atoms with E-state index in [1.54, 1.807) is 0 Å². The minimum atomic E-state index is -1.06. The number of carboxylic acid groups (broad SMARTS) is 1. The molecule has 0 atom stereocenters. The summed E-state index contributed by atoms with van der Waals surface area (Å²) in [6.07, 6.45) is 0. The van der Waals surface area contributed by atoms with Crippen molar-refractivity contribution in [3.63, 3.8) is 0 Å². The highest BCUT2D eigenvalue weighted by molar-refractivity contribution is 7.99. The van der Waals surface area contributed by atoms with Crippen LogP contribution in [0.1, 0.15) is 10.4 Å². The number of hydrogen-bond donors (Lipinski definition) is 1. The largest absolute Gasteiger partial charge is 0.478 e. The molecule has 0 bridgehead atoms. The topological polar surface area (TPSA) is 80.4 Å². The fraction of sp³-hybridized carbons (Fsp3) is 0. The Morgan fingerprint density at radius 3 is 2.40 bits per heavy atom. The maximum Gasteiger partial charge on any atom is 0.335 e. The Bertz CT molecular complexity index is 673. The van der Waals surface area contributed by atoms with Crippen LogP contribution in [0.4, 0.5) is 10.1 Å². The van der Waals surface area contributed by atoms with Crippen LogP contribution in [0, 0.1) is 15.9 Å². The van der Waals surface area contributed by atoms with Crippen molar-refractivity contribution in [3.05, 3.63) is 64.0 Å². The summed E-state index contributed by atoms with van der Waals surface area (Å²) in [5.74, 6) is -1.96. The lowest BCUT2D eigenvalue weighted by molar-refractivity contribution is -0.390. The second-order valence-electron chi connectivity index (χ2n) is 3.78. The minimum absolute atomic E-state index is 0.114. The molecule has 2 aromatic carbocycles. The Hall–Kier alpha value is -2.41. The van der Waals surface area contributed by atoms with Gasteiger partial charge in [-0.15, -0.1) is 0 Å². The van der Waals surface area contributed by atoms with E-state index in [1.807, 2.05) is 0 Å². The third-order valence-corrected chi connectivity index (χ3v) is 3.52. The molecule has 7 heteroatoms. The molecule has 0 saturated carbocycles. The van der Waals surface area contributed by atoms with Crippen LogP contribution in [0.2, 0.25) is 0 Å². The number of para-hydroxylation sites is 1. The first-order valence-corrected chi connectivity index (χ1v) is 6.25. The van der Waals surface area contributed by atoms with Crippen molar-refractivity contribution in [2.45, 2.75) is 9.79 Å². The maximum absolute atomic E-state index is 13.4. The first-order chi connectivity index (χ1) is 9.49. The Labute approximate surface area is 117 Å². The van der Waals surface area contributed by atoms with E-state index in [4.69, 9.17) is 5.11 Å². The molecule has 0 saturated heterocycles. The molecule has 5 nitrogen and oxygen atoms in total. The molecule has 0 aromatic heterocycles. The number of benzene rings is 2. The molecule has 2 aromatic rings. The van der Waals surface area contributed by atoms with Crippen molar-refractivity contribution < 1.29 is 19.2 Å². The highest BCUT2D eigenvalue weighted by Gasteiger charge is 2.20. The SMILES string of the molecule is O=C(O)c1ccc(Sc2cccc(F)c2[N+](=O)[O-])cc1. The van der Waals surface area contributed by atoms with Crippen LogP contribution in [0.25, 0.3) is 0 Å². The van der Waals surface area contributed by atoms with Crippen molar-refractivity contribution in [2.24, 2.45) is 0 Å². The average Bonchev–Trinajstić information content (AvgIpc) is 2.39. The van der Waals surface area contributed by atoms with Gasteiger partial charge in [-0.1, -0.05) is 17.8 Å². The van der Waals surface area contributed by atoms with Crippen molar-refractivity contribution in [1.29, 1.82) is 0 Å². The van der Waals surface area contributed by atoms with E-state index in [0.717, 1.165) is 17.8 Å². The van der Waals surface area contributed by atoms with E-state index in [9.17, 15) is 19.3 Å². The summed E-state index contributed by atoms with van der Waals surface area (Å²) in [5.41, 5.74) is -0.470. The molecule has 0 amide bonds. The van der Waals surface area contributed by atoms with Crippen LogP contribution in [-0.4, -0.2) is 16.0 Å². The van der Waals surface area contributed by atoms with Crippen molar-refractivity contribution in [1.82, 2.24) is 0 Å². The van der Waals surface area contributed by atoms with E-state index < -0.39 is 22.4 Å². The van der Waals surface area contributed by atoms with Gasteiger partial charge in [0.15, 0.2) is 0 Å². The number of halogens is 1. The first-order valence-electron chi connectivity index (χ1n) is 5.43. The van der Waals surface area contributed by atoms with Crippen molar-refractivity contribution in [3.8, 4) is 0 Å². The fourth-order valence-corrected chi connectivity index (χ4v) is 2.49. The van der Waals surface area contributed by atoms with Gasteiger partial charge in [-0.2, -0.15) is 4.39 Å². The van der Waals surface area contributed by atoms with Crippen LogP contribution in [-0.2, 0) is 0 Å². The van der Waals surface area contributed by atoms with Crippen molar-refractivity contribution in [2.75, 3.05) is 0 Å². The summed E-state index contributed by atoms with van der Waals surface area (Å²) in [6, 6.07) is 9.65. The highest BCUT2D eigenvalue weighted by atomic mass is 32.2. The second-order valence-corrected chi connectivity index (χ2v) is 4.89. The summed E-state index contributed by atoms with van der Waals surface area (Å²) in [5, 5.41) is 19.6. The number of hydrogen-bond acceptors (Lipinski definition) is 4. The normalized spacial score (nSPS) is 10.2. The second kappa shape index (κ2) is 5.70. The lowest BCUT2D eigenvalue weighted by Crippen LogP contribution is -1.96. The van der Waals surface area contributed by atoms with Gasteiger partial charge >= 0.3 is 11.7 Å². The molecule has 1 N–H and O–H groups in total. The first kappa shape index (κ1) is 14.0. The lowest BCUT2D eigenvalue weighted by atomic mass is 10.2. The fourth-order valence-electron chi connectivity index (χ4n) is 1.55. The van der Waals surface area contributed by atoms with Gasteiger partial charge in [-0.05, 0) is 36.4 Å². The van der Waals surface area contributed by atoms with Gasteiger partial charge < -0.3 is 5.11 Å². The molecule has 0 unspecified atom stereocenters. The van der Waals surface area contributed by atoms with E-state index in [2.05, 4.69) is 0 Å². The van der Waals surface area contributed by atoms with Gasteiger partial charge in [0.1, 0.15) is 0 Å². The van der Waals surface area contributed by atoms with E-state index in [-0.39, 0.29) is 10.5 Å². The lowest BCUT2D eigenvalue weighted by Gasteiger charge is -2.04. The molecule has 0 heterocycles. The molecule has 0 aliphatic carbocycles. The third kappa shape index (κ3) is 2.94. The summed E-state index contributed by atoms with van der Waals surface area (Å²) in [7, 11) is 0. The summed E-state index contributed by atoms with van der Waals surface area (Å²) < 4.78 is 13.4. The van der Waals surface area contributed by atoms with Gasteiger partial charge in [0.05, 0.1) is 15.4 Å². The summed E-state index contributed by atoms with van der Waals surface area (Å²) in [6.45, 7) is 0. The average molecular weight is 293 g/mol. The predicted molar refractivity (Wildman–Crippen MR) is 70.6 cm³/mol. The van der Waals surface area contributed by atoms with Gasteiger partial charge in [0.2, 0.25) is 5.82 Å². The zero-order chi connectivity index (χ0) is 14.7. The Morgan fingerprint density at radius 2 is 1.85 bits per heavy atom. The Kier molecular flexibility index (Phi) is 3.99. The monoisotopic (exact) mass is 293 g/mol. The smallest absolute Gasteiger partial charge is 0.335 e. The Balaban J connectivity index is 2.33. The molecular formula is C13H8FNO4S. The third-order valence-electron chi connectivity index (χ3n) is 2.46. The van der Waals surface area contributed by atoms with Crippen LogP contribution in [0.15, 0.2) is 52.3 Å². The number of aromatic carboxylic acids is 1. The van der Waals surface area contributed by atoms with Crippen LogP contribution in [0.3, 0.4) is 0 Å². The molecule has 0 aliphatic rings.